The summed E-state index contributed by atoms with van der Waals surface area (Å²) in [5, 5.41) is 18.3. The minimum absolute atomic E-state index is 0.0296. The summed E-state index contributed by atoms with van der Waals surface area (Å²) < 4.78 is -0.0955. The van der Waals surface area contributed by atoms with Crippen LogP contribution in [0.25, 0.3) is 5.57 Å². The molecule has 1 aromatic rings. The Morgan fingerprint density at radius 2 is 1.79 bits per heavy atom. The van der Waals surface area contributed by atoms with Crippen LogP contribution in [0.3, 0.4) is 0 Å². The molecule has 1 fully saturated rings. The lowest BCUT2D eigenvalue weighted by atomic mass is 10.1. The third-order valence-corrected chi connectivity index (χ3v) is 5.80. The van der Waals surface area contributed by atoms with Gasteiger partial charge >= 0.3 is 11.9 Å². The fourth-order valence-corrected chi connectivity index (χ4v) is 4.60. The van der Waals surface area contributed by atoms with E-state index in [4.69, 9.17) is 17.3 Å². The third-order valence-electron chi connectivity index (χ3n) is 4.40. The molecule has 0 radical (unpaired) electrons. The zero-order valence-electron chi connectivity index (χ0n) is 14.9. The Morgan fingerprint density at radius 3 is 2.38 bits per heavy atom. The molecule has 1 saturated heterocycles. The average Bonchev–Trinajstić information content (AvgIpc) is 3.08. The van der Waals surface area contributed by atoms with Crippen LogP contribution < -0.4 is 4.90 Å². The first-order valence-electron chi connectivity index (χ1n) is 8.33. The van der Waals surface area contributed by atoms with Gasteiger partial charge in [0.1, 0.15) is 10.4 Å². The maximum Gasteiger partial charge on any atom is 0.326 e. The van der Waals surface area contributed by atoms with Gasteiger partial charge in [-0.05, 0) is 12.5 Å². The lowest BCUT2D eigenvalue weighted by molar-refractivity contribution is -0.146. The molecule has 29 heavy (non-hydrogen) atoms. The van der Waals surface area contributed by atoms with E-state index < -0.39 is 42.1 Å². The van der Waals surface area contributed by atoms with Gasteiger partial charge in [-0.2, -0.15) is 0 Å². The fraction of sp³-hybridized carbons (Fsp3) is 0.222. The number of thiocarbonyl (C=S) groups is 1. The summed E-state index contributed by atoms with van der Waals surface area (Å²) in [5.74, 6) is -4.65. The maximum absolute atomic E-state index is 13.0. The lowest BCUT2D eigenvalue weighted by Crippen LogP contribution is -2.44. The minimum atomic E-state index is -1.48. The maximum atomic E-state index is 13.0. The molecule has 2 aliphatic heterocycles. The van der Waals surface area contributed by atoms with E-state index in [0.29, 0.717) is 11.3 Å². The minimum Gasteiger partial charge on any atom is -0.481 e. The number of benzene rings is 1. The first kappa shape index (κ1) is 20.7. The summed E-state index contributed by atoms with van der Waals surface area (Å²) in [7, 11) is 0. The number of hydrogen-bond acceptors (Lipinski definition) is 7. The zero-order chi connectivity index (χ0) is 21.5. The summed E-state index contributed by atoms with van der Waals surface area (Å²) in [6.07, 6.45) is -0.816. The number of carbonyl (C=O) groups is 5. The van der Waals surface area contributed by atoms with E-state index in [1.807, 2.05) is 0 Å². The normalized spacial score (nSPS) is 19.6. The van der Waals surface area contributed by atoms with E-state index in [0.717, 1.165) is 21.6 Å². The van der Waals surface area contributed by atoms with Gasteiger partial charge in [0.05, 0.1) is 16.2 Å². The van der Waals surface area contributed by atoms with Crippen LogP contribution in [0.5, 0.6) is 0 Å². The van der Waals surface area contributed by atoms with Crippen LogP contribution in [0.1, 0.15) is 25.3 Å². The number of anilines is 1. The van der Waals surface area contributed by atoms with Crippen LogP contribution in [-0.4, -0.2) is 55.1 Å². The number of amides is 3. The highest BCUT2D eigenvalue weighted by Crippen LogP contribution is 2.45. The van der Waals surface area contributed by atoms with Crippen LogP contribution >= 0.6 is 24.0 Å². The van der Waals surface area contributed by atoms with Crippen molar-refractivity contribution in [2.45, 2.75) is 25.8 Å². The molecule has 9 nitrogen and oxygen atoms in total. The number of nitrogens with zero attached hydrogens (tertiary/aromatic N) is 2. The van der Waals surface area contributed by atoms with E-state index in [9.17, 15) is 29.1 Å². The number of para-hydroxylation sites is 1. The van der Waals surface area contributed by atoms with E-state index in [-0.39, 0.29) is 21.2 Å². The molecule has 2 heterocycles. The van der Waals surface area contributed by atoms with Gasteiger partial charge in [0.25, 0.3) is 11.8 Å². The van der Waals surface area contributed by atoms with Gasteiger partial charge in [-0.1, -0.05) is 42.2 Å². The van der Waals surface area contributed by atoms with Crippen molar-refractivity contribution in [3.05, 3.63) is 34.7 Å². The molecule has 150 valence electrons. The SMILES string of the molecule is CC(=O)N1C(=O)/C(=C2\SC(=S)N(C(CCC(=O)O)C(=O)O)C2=O)c2ccccc21. The summed E-state index contributed by atoms with van der Waals surface area (Å²) in [6, 6.07) is 4.95. The fourth-order valence-electron chi connectivity index (χ4n) is 3.17. The van der Waals surface area contributed by atoms with Crippen molar-refractivity contribution in [3.8, 4) is 0 Å². The molecule has 2 aliphatic rings. The second kappa shape index (κ2) is 7.76. The predicted molar refractivity (Wildman–Crippen MR) is 107 cm³/mol. The molecule has 2 N–H and O–H groups in total. The molecule has 3 amide bonds. The number of carboxylic acids is 2. The van der Waals surface area contributed by atoms with Crippen molar-refractivity contribution in [2.75, 3.05) is 4.90 Å². The number of carbonyl (C=O) groups excluding carboxylic acids is 3. The predicted octanol–water partition coefficient (Wildman–Crippen LogP) is 1.47. The van der Waals surface area contributed by atoms with E-state index >= 15 is 0 Å². The Balaban J connectivity index is 2.07. The third kappa shape index (κ3) is 3.54. The second-order valence-corrected chi connectivity index (χ2v) is 7.85. The van der Waals surface area contributed by atoms with Crippen molar-refractivity contribution < 1.29 is 34.2 Å². The Bertz CT molecular complexity index is 1020. The number of aliphatic carboxylic acids is 2. The molecule has 11 heteroatoms. The molecule has 0 spiro atoms. The van der Waals surface area contributed by atoms with E-state index in [1.165, 1.54) is 6.92 Å². The monoisotopic (exact) mass is 434 g/mol. The zero-order valence-corrected chi connectivity index (χ0v) is 16.6. The van der Waals surface area contributed by atoms with Gasteiger partial charge in [-0.3, -0.25) is 24.1 Å². The topological polar surface area (TPSA) is 132 Å². The first-order chi connectivity index (χ1) is 13.6. The number of fused-ring (bicyclic) bond motifs is 1. The molecule has 1 unspecified atom stereocenters. The number of hydrogen-bond donors (Lipinski definition) is 2. The summed E-state index contributed by atoms with van der Waals surface area (Å²) in [4.78, 5) is 62.0. The number of carboxylic acid groups (broad SMARTS) is 2. The summed E-state index contributed by atoms with van der Waals surface area (Å²) >= 11 is 5.91. The molecule has 0 aliphatic carbocycles. The van der Waals surface area contributed by atoms with Gasteiger partial charge in [-0.25, -0.2) is 9.69 Å². The van der Waals surface area contributed by atoms with Crippen molar-refractivity contribution >= 4 is 69.2 Å². The van der Waals surface area contributed by atoms with Crippen molar-refractivity contribution in [2.24, 2.45) is 0 Å². The molecular weight excluding hydrogens is 420 g/mol. The molecule has 0 aromatic heterocycles. The molecule has 3 rings (SSSR count). The van der Waals surface area contributed by atoms with Crippen LogP contribution in [0, 0.1) is 0 Å². The number of rotatable bonds is 5. The molecular formula is C18H14N2O7S2. The quantitative estimate of drug-likeness (QED) is 0.522. The highest BCUT2D eigenvalue weighted by Gasteiger charge is 2.46. The van der Waals surface area contributed by atoms with Crippen LogP contribution in [-0.2, 0) is 24.0 Å². The molecule has 1 atom stereocenters. The van der Waals surface area contributed by atoms with Crippen molar-refractivity contribution in [3.63, 3.8) is 0 Å². The summed E-state index contributed by atoms with van der Waals surface area (Å²) in [5.41, 5.74) is 0.662. The first-order valence-corrected chi connectivity index (χ1v) is 9.56. The van der Waals surface area contributed by atoms with E-state index in [1.54, 1.807) is 24.3 Å². The number of imide groups is 1. The van der Waals surface area contributed by atoms with Gasteiger partial charge in [-0.15, -0.1) is 0 Å². The van der Waals surface area contributed by atoms with E-state index in [2.05, 4.69) is 0 Å². The Hall–Kier alpha value is -3.05. The lowest BCUT2D eigenvalue weighted by Gasteiger charge is -2.22. The highest BCUT2D eigenvalue weighted by atomic mass is 32.2. The molecule has 0 saturated carbocycles. The van der Waals surface area contributed by atoms with Crippen LogP contribution in [0.15, 0.2) is 29.2 Å². The van der Waals surface area contributed by atoms with Crippen LogP contribution in [0.4, 0.5) is 5.69 Å². The Kier molecular flexibility index (Phi) is 5.53. The van der Waals surface area contributed by atoms with Crippen LogP contribution in [0.2, 0.25) is 0 Å². The largest absolute Gasteiger partial charge is 0.481 e. The second-order valence-electron chi connectivity index (χ2n) is 6.21. The standard InChI is InChI=1S/C18H14N2O7S2/c1-8(21)19-10-5-3-2-4-9(10)13(15(19)24)14-16(25)20(18(28)29-14)11(17(26)27)6-7-12(22)23/h2-5,11H,6-7H2,1H3,(H,22,23)(H,26,27)/b14-13-. The number of thioether (sulfide) groups is 1. The Labute approximate surface area is 174 Å². The average molecular weight is 434 g/mol. The van der Waals surface area contributed by atoms with Crippen molar-refractivity contribution in [1.29, 1.82) is 0 Å². The van der Waals surface area contributed by atoms with Gasteiger partial charge in [0.15, 0.2) is 0 Å². The molecule has 1 aromatic carbocycles. The Morgan fingerprint density at radius 1 is 1.14 bits per heavy atom. The smallest absolute Gasteiger partial charge is 0.326 e. The van der Waals surface area contributed by atoms with Gasteiger partial charge in [0.2, 0.25) is 5.91 Å². The van der Waals surface area contributed by atoms with Gasteiger partial charge in [0, 0.05) is 18.9 Å². The highest BCUT2D eigenvalue weighted by molar-refractivity contribution is 8.26. The van der Waals surface area contributed by atoms with Gasteiger partial charge < -0.3 is 10.2 Å². The van der Waals surface area contributed by atoms with Crippen molar-refractivity contribution in [1.82, 2.24) is 4.90 Å². The summed E-state index contributed by atoms with van der Waals surface area (Å²) in [6.45, 7) is 1.22. The molecule has 0 bridgehead atoms.